The van der Waals surface area contributed by atoms with Crippen molar-refractivity contribution < 1.29 is 18.7 Å². The number of hydrogen-bond acceptors (Lipinski definition) is 5. The normalized spacial score (nSPS) is 10.2. The number of esters is 1. The average Bonchev–Trinajstić information content (AvgIpc) is 2.73. The molecule has 0 spiro atoms. The van der Waals surface area contributed by atoms with Crippen molar-refractivity contribution in [1.29, 1.82) is 0 Å². The van der Waals surface area contributed by atoms with Gasteiger partial charge in [0.15, 0.2) is 0 Å². The molecule has 6 nitrogen and oxygen atoms in total. The molecule has 2 N–H and O–H groups in total. The van der Waals surface area contributed by atoms with Crippen LogP contribution in [0.4, 0.5) is 15.9 Å². The molecule has 3 aromatic rings. The number of halogens is 1. The Hall–Kier alpha value is -3.74. The Morgan fingerprint density at radius 3 is 2.50 bits per heavy atom. The minimum absolute atomic E-state index is 0.0814. The monoisotopic (exact) mass is 379 g/mol. The molecule has 0 atom stereocenters. The van der Waals surface area contributed by atoms with Crippen molar-refractivity contribution in [2.75, 3.05) is 12.4 Å². The Balaban J connectivity index is 1.66. The summed E-state index contributed by atoms with van der Waals surface area (Å²) in [5, 5.41) is 5.68. The number of pyridine rings is 1. The number of ether oxygens (including phenoxy) is 1. The second-order valence-electron chi connectivity index (χ2n) is 5.87. The van der Waals surface area contributed by atoms with Crippen LogP contribution in [0.2, 0.25) is 0 Å². The Kier molecular flexibility index (Phi) is 5.96. The Morgan fingerprint density at radius 1 is 1.04 bits per heavy atom. The number of benzene rings is 2. The van der Waals surface area contributed by atoms with Gasteiger partial charge in [0, 0.05) is 18.3 Å². The van der Waals surface area contributed by atoms with Crippen LogP contribution in [-0.4, -0.2) is 24.0 Å². The van der Waals surface area contributed by atoms with Crippen LogP contribution in [-0.2, 0) is 11.3 Å². The lowest BCUT2D eigenvalue weighted by molar-refractivity contribution is 0.0601. The average molecular weight is 379 g/mol. The molecule has 2 aromatic carbocycles. The second-order valence-corrected chi connectivity index (χ2v) is 5.87. The van der Waals surface area contributed by atoms with E-state index in [-0.39, 0.29) is 18.3 Å². The number of hydrogen-bond donors (Lipinski definition) is 2. The highest BCUT2D eigenvalue weighted by molar-refractivity contribution is 5.96. The smallest absolute Gasteiger partial charge is 0.339 e. The summed E-state index contributed by atoms with van der Waals surface area (Å²) in [7, 11) is 1.31. The number of nitrogens with zero attached hydrogens (tertiary/aromatic N) is 1. The Bertz CT molecular complexity index is 990. The first-order chi connectivity index (χ1) is 13.6. The Morgan fingerprint density at radius 2 is 1.79 bits per heavy atom. The van der Waals surface area contributed by atoms with Gasteiger partial charge in [-0.2, -0.15) is 0 Å². The lowest BCUT2D eigenvalue weighted by Crippen LogP contribution is -2.23. The molecule has 28 heavy (non-hydrogen) atoms. The minimum Gasteiger partial charge on any atom is -0.465 e. The van der Waals surface area contributed by atoms with Crippen molar-refractivity contribution in [2.45, 2.75) is 6.54 Å². The third kappa shape index (κ3) is 4.50. The number of para-hydroxylation sites is 1. The van der Waals surface area contributed by atoms with E-state index in [9.17, 15) is 14.0 Å². The van der Waals surface area contributed by atoms with E-state index in [2.05, 4.69) is 15.6 Å². The van der Waals surface area contributed by atoms with E-state index in [4.69, 9.17) is 4.74 Å². The van der Waals surface area contributed by atoms with Crippen molar-refractivity contribution in [2.24, 2.45) is 0 Å². The molecule has 0 radical (unpaired) electrons. The number of carbonyl (C=O) groups is 2. The highest BCUT2D eigenvalue weighted by Crippen LogP contribution is 2.20. The highest BCUT2D eigenvalue weighted by atomic mass is 19.1. The van der Waals surface area contributed by atoms with Crippen LogP contribution in [0.1, 0.15) is 26.3 Å². The molecule has 0 saturated carbocycles. The van der Waals surface area contributed by atoms with Gasteiger partial charge in [0.05, 0.1) is 23.9 Å². The number of rotatable bonds is 6. The number of amides is 1. The molecule has 1 aromatic heterocycles. The molecule has 0 aliphatic carbocycles. The molecule has 3 rings (SSSR count). The number of aromatic nitrogens is 1. The van der Waals surface area contributed by atoms with Crippen LogP contribution >= 0.6 is 0 Å². The third-order valence-corrected chi connectivity index (χ3v) is 4.02. The predicted molar refractivity (Wildman–Crippen MR) is 103 cm³/mol. The van der Waals surface area contributed by atoms with Gasteiger partial charge in [0.25, 0.3) is 5.91 Å². The molecule has 0 aliphatic rings. The van der Waals surface area contributed by atoms with Gasteiger partial charge in [-0.3, -0.25) is 4.79 Å². The van der Waals surface area contributed by atoms with Gasteiger partial charge in [0.1, 0.15) is 11.6 Å². The predicted octanol–water partition coefficient (Wildman–Crippen LogP) is 3.68. The van der Waals surface area contributed by atoms with Gasteiger partial charge in [-0.05, 0) is 30.3 Å². The van der Waals surface area contributed by atoms with Crippen molar-refractivity contribution in [3.05, 3.63) is 89.4 Å². The molecule has 1 heterocycles. The van der Waals surface area contributed by atoms with E-state index in [0.717, 1.165) is 0 Å². The summed E-state index contributed by atoms with van der Waals surface area (Å²) in [4.78, 5) is 28.2. The first-order valence-electron chi connectivity index (χ1n) is 8.50. The second kappa shape index (κ2) is 8.77. The maximum Gasteiger partial charge on any atom is 0.339 e. The van der Waals surface area contributed by atoms with Gasteiger partial charge in [-0.1, -0.05) is 30.3 Å². The molecular formula is C21H18FN3O3. The molecule has 0 fully saturated rings. The number of anilines is 2. The summed E-state index contributed by atoms with van der Waals surface area (Å²) in [6, 6.07) is 16.3. The zero-order valence-electron chi connectivity index (χ0n) is 15.1. The van der Waals surface area contributed by atoms with Crippen LogP contribution < -0.4 is 10.6 Å². The van der Waals surface area contributed by atoms with Gasteiger partial charge in [-0.25, -0.2) is 14.2 Å². The Labute approximate surface area is 161 Å². The van der Waals surface area contributed by atoms with Gasteiger partial charge in [-0.15, -0.1) is 0 Å². The molecule has 0 bridgehead atoms. The summed E-state index contributed by atoms with van der Waals surface area (Å²) in [6.45, 7) is 0.0814. The maximum absolute atomic E-state index is 13.6. The lowest BCUT2D eigenvalue weighted by atomic mass is 10.1. The van der Waals surface area contributed by atoms with Crippen LogP contribution in [0, 0.1) is 5.82 Å². The summed E-state index contributed by atoms with van der Waals surface area (Å²) in [5.41, 5.74) is 1.65. The van der Waals surface area contributed by atoms with Crippen molar-refractivity contribution >= 4 is 23.4 Å². The van der Waals surface area contributed by atoms with E-state index in [0.29, 0.717) is 28.2 Å². The fourth-order valence-electron chi connectivity index (χ4n) is 2.54. The molecule has 1 amide bonds. The van der Waals surface area contributed by atoms with Crippen LogP contribution in [0.25, 0.3) is 0 Å². The molecule has 0 saturated heterocycles. The molecule has 0 unspecified atom stereocenters. The van der Waals surface area contributed by atoms with E-state index in [1.54, 1.807) is 54.6 Å². The maximum atomic E-state index is 13.6. The van der Waals surface area contributed by atoms with Gasteiger partial charge in [0.2, 0.25) is 0 Å². The standard InChI is InChI=1S/C21H18FN3O3/c1-28-21(27)16-7-3-5-9-18(16)25-19-11-10-15(13-23-19)20(26)24-12-14-6-2-4-8-17(14)22/h2-11,13H,12H2,1H3,(H,23,25)(H,24,26). The SMILES string of the molecule is COC(=O)c1ccccc1Nc1ccc(C(=O)NCc2ccccc2F)cn1. The number of methoxy groups -OCH3 is 1. The topological polar surface area (TPSA) is 80.3 Å². The fraction of sp³-hybridized carbons (Fsp3) is 0.0952. The number of carbonyl (C=O) groups excluding carboxylic acids is 2. The largest absolute Gasteiger partial charge is 0.465 e. The highest BCUT2D eigenvalue weighted by Gasteiger charge is 2.12. The first kappa shape index (κ1) is 19.0. The third-order valence-electron chi connectivity index (χ3n) is 4.02. The zero-order chi connectivity index (χ0) is 19.9. The van der Waals surface area contributed by atoms with E-state index < -0.39 is 5.97 Å². The lowest BCUT2D eigenvalue weighted by Gasteiger charge is -2.10. The number of nitrogens with one attached hydrogen (secondary N) is 2. The first-order valence-corrected chi connectivity index (χ1v) is 8.50. The quantitative estimate of drug-likeness (QED) is 0.639. The minimum atomic E-state index is -0.466. The van der Waals surface area contributed by atoms with Crippen LogP contribution in [0.5, 0.6) is 0 Å². The van der Waals surface area contributed by atoms with Crippen molar-refractivity contribution in [1.82, 2.24) is 10.3 Å². The van der Waals surface area contributed by atoms with Gasteiger partial charge < -0.3 is 15.4 Å². The van der Waals surface area contributed by atoms with Crippen LogP contribution in [0.3, 0.4) is 0 Å². The van der Waals surface area contributed by atoms with E-state index >= 15 is 0 Å². The van der Waals surface area contributed by atoms with E-state index in [1.807, 2.05) is 0 Å². The zero-order valence-corrected chi connectivity index (χ0v) is 15.1. The molecule has 142 valence electrons. The van der Waals surface area contributed by atoms with Crippen LogP contribution in [0.15, 0.2) is 66.9 Å². The summed E-state index contributed by atoms with van der Waals surface area (Å²) < 4.78 is 18.4. The molecular weight excluding hydrogens is 361 g/mol. The molecule has 0 aliphatic heterocycles. The van der Waals surface area contributed by atoms with Crippen molar-refractivity contribution in [3.63, 3.8) is 0 Å². The summed E-state index contributed by atoms with van der Waals surface area (Å²) in [6.07, 6.45) is 1.40. The van der Waals surface area contributed by atoms with Gasteiger partial charge >= 0.3 is 5.97 Å². The summed E-state index contributed by atoms with van der Waals surface area (Å²) >= 11 is 0. The van der Waals surface area contributed by atoms with E-state index in [1.165, 1.54) is 19.4 Å². The summed E-state index contributed by atoms with van der Waals surface area (Å²) in [5.74, 6) is -0.740. The van der Waals surface area contributed by atoms with Crippen molar-refractivity contribution in [3.8, 4) is 0 Å². The fourth-order valence-corrected chi connectivity index (χ4v) is 2.54. The molecule has 7 heteroatoms.